The van der Waals surface area contributed by atoms with Crippen LogP contribution in [-0.4, -0.2) is 26.2 Å². The molecule has 6 nitrogen and oxygen atoms in total. The molecule has 0 heterocycles. The normalized spacial score (nSPS) is 12.3. The van der Waals surface area contributed by atoms with Crippen molar-refractivity contribution < 1.29 is 28.5 Å². The van der Waals surface area contributed by atoms with Gasteiger partial charge in [-0.2, -0.15) is 0 Å². The molecule has 0 radical (unpaired) electrons. The fraction of sp³-hybridized carbons (Fsp3) is 0.731. The van der Waals surface area contributed by atoms with Crippen LogP contribution in [0, 0.1) is 11.8 Å². The first kappa shape index (κ1) is 51.1. The molecule has 0 spiro atoms. The van der Waals surface area contributed by atoms with Crippen molar-refractivity contribution in [3.63, 3.8) is 0 Å². The van der Waals surface area contributed by atoms with E-state index in [0.29, 0.717) is 47.7 Å². The highest BCUT2D eigenvalue weighted by atomic mass is 16.6. The van der Waals surface area contributed by atoms with Crippen LogP contribution >= 0.6 is 0 Å². The Labute approximate surface area is 356 Å². The van der Waals surface area contributed by atoms with Gasteiger partial charge in [0.05, 0.1) is 14.2 Å². The molecule has 6 heteroatoms. The Kier molecular flexibility index (Phi) is 29.8. The molecule has 58 heavy (non-hydrogen) atoms. The third kappa shape index (κ3) is 24.2. The van der Waals surface area contributed by atoms with Gasteiger partial charge in [-0.3, -0.25) is 9.59 Å². The van der Waals surface area contributed by atoms with Crippen molar-refractivity contribution in [1.82, 2.24) is 0 Å². The van der Waals surface area contributed by atoms with Gasteiger partial charge in [0.1, 0.15) is 0 Å². The number of hydrogen-bond acceptors (Lipinski definition) is 6. The van der Waals surface area contributed by atoms with E-state index in [1.807, 2.05) is 36.4 Å². The topological polar surface area (TPSA) is 71.1 Å². The number of carbonyl (C=O) groups excluding carboxylic acids is 2. The molecule has 2 aromatic rings. The second-order valence-electron chi connectivity index (χ2n) is 17.3. The Hall–Kier alpha value is -3.02. The van der Waals surface area contributed by atoms with Crippen molar-refractivity contribution in [2.75, 3.05) is 14.2 Å². The molecule has 0 aliphatic rings. The van der Waals surface area contributed by atoms with Gasteiger partial charge in [-0.05, 0) is 72.9 Å². The number of unbranched alkanes of at least 4 members (excludes halogenated alkanes) is 24. The van der Waals surface area contributed by atoms with Crippen molar-refractivity contribution >= 4 is 11.9 Å². The molecular formula is C52H86O6. The fourth-order valence-electron chi connectivity index (χ4n) is 7.91. The van der Waals surface area contributed by atoms with E-state index < -0.39 is 0 Å². The van der Waals surface area contributed by atoms with E-state index in [1.165, 1.54) is 141 Å². The lowest BCUT2D eigenvalue weighted by atomic mass is 9.85. The summed E-state index contributed by atoms with van der Waals surface area (Å²) in [5.41, 5.74) is 2.30. The number of hydrogen-bond donors (Lipinski definition) is 0. The summed E-state index contributed by atoms with van der Waals surface area (Å²) in [5.74, 6) is 2.56. The second kappa shape index (κ2) is 33.8. The van der Waals surface area contributed by atoms with Crippen LogP contribution in [0.4, 0.5) is 0 Å². The van der Waals surface area contributed by atoms with Crippen LogP contribution in [0.5, 0.6) is 23.0 Å². The average Bonchev–Trinajstić information content (AvgIpc) is 3.22. The molecule has 0 bridgehead atoms. The highest BCUT2D eigenvalue weighted by molar-refractivity contribution is 5.73. The standard InChI is InChI=1S/C52H86O6/c1-7-9-11-13-15-17-19-21-23-25-27-29-31-33-51(53)57-47-37-35-45(41-49(47)55-5)39-43(3)44(4)40-46-36-38-48(50(42-46)56-6)58-52(54)34-32-30-28-26-24-22-20-18-16-14-12-10-8-2/h35-38,41-44H,7-34,39-40H2,1-6H3/t43-,44+. The highest BCUT2D eigenvalue weighted by Gasteiger charge is 2.18. The molecule has 0 saturated carbocycles. The average molecular weight is 807 g/mol. The molecule has 0 aliphatic carbocycles. The minimum Gasteiger partial charge on any atom is -0.493 e. The van der Waals surface area contributed by atoms with Crippen molar-refractivity contribution in [3.05, 3.63) is 47.5 Å². The maximum atomic E-state index is 12.6. The highest BCUT2D eigenvalue weighted by Crippen LogP contribution is 2.33. The first-order valence-electron chi connectivity index (χ1n) is 24.1. The van der Waals surface area contributed by atoms with Crippen molar-refractivity contribution in [2.24, 2.45) is 11.8 Å². The predicted octanol–water partition coefficient (Wildman–Crippen LogP) is 15.5. The summed E-state index contributed by atoms with van der Waals surface area (Å²) in [7, 11) is 3.26. The molecule has 0 N–H and O–H groups in total. The summed E-state index contributed by atoms with van der Waals surface area (Å²) in [6.45, 7) is 9.08. The van der Waals surface area contributed by atoms with Gasteiger partial charge in [0, 0.05) is 12.8 Å². The van der Waals surface area contributed by atoms with Gasteiger partial charge in [0.15, 0.2) is 23.0 Å². The molecule has 0 aromatic heterocycles. The summed E-state index contributed by atoms with van der Waals surface area (Å²) in [4.78, 5) is 25.3. The van der Waals surface area contributed by atoms with Crippen LogP contribution in [0.15, 0.2) is 36.4 Å². The summed E-state index contributed by atoms with van der Waals surface area (Å²) in [6.07, 6.45) is 35.9. The van der Waals surface area contributed by atoms with E-state index in [-0.39, 0.29) is 11.9 Å². The van der Waals surface area contributed by atoms with Gasteiger partial charge in [0.2, 0.25) is 0 Å². The van der Waals surface area contributed by atoms with Gasteiger partial charge in [-0.1, -0.05) is 194 Å². The van der Waals surface area contributed by atoms with E-state index in [4.69, 9.17) is 18.9 Å². The Morgan fingerprint density at radius 3 is 0.966 bits per heavy atom. The lowest BCUT2D eigenvalue weighted by Gasteiger charge is -2.21. The molecule has 2 aromatic carbocycles. The summed E-state index contributed by atoms with van der Waals surface area (Å²) < 4.78 is 22.8. The minimum absolute atomic E-state index is 0.192. The molecule has 0 saturated heterocycles. The third-order valence-corrected chi connectivity index (χ3v) is 12.0. The maximum absolute atomic E-state index is 12.6. The van der Waals surface area contributed by atoms with Gasteiger partial charge >= 0.3 is 11.9 Å². The lowest BCUT2D eigenvalue weighted by molar-refractivity contribution is -0.135. The van der Waals surface area contributed by atoms with Crippen LogP contribution in [0.1, 0.15) is 219 Å². The summed E-state index contributed by atoms with van der Waals surface area (Å²) >= 11 is 0. The summed E-state index contributed by atoms with van der Waals surface area (Å²) in [6, 6.07) is 11.8. The minimum atomic E-state index is -0.192. The van der Waals surface area contributed by atoms with E-state index in [0.717, 1.165) is 49.7 Å². The number of benzene rings is 2. The zero-order chi connectivity index (χ0) is 42.1. The Bertz CT molecular complexity index is 1240. The van der Waals surface area contributed by atoms with Gasteiger partial charge < -0.3 is 18.9 Å². The molecule has 0 unspecified atom stereocenters. The van der Waals surface area contributed by atoms with Crippen molar-refractivity contribution in [2.45, 2.75) is 220 Å². The number of methoxy groups -OCH3 is 2. The molecule has 330 valence electrons. The SMILES string of the molecule is CCCCCCCCCCCCCCCC(=O)Oc1ccc(C[C@@H](C)[C@@H](C)Cc2ccc(OC(=O)CCCCCCCCCCCCCCC)c(OC)c2)cc1OC. The van der Waals surface area contributed by atoms with E-state index in [2.05, 4.69) is 27.7 Å². The van der Waals surface area contributed by atoms with Gasteiger partial charge in [-0.15, -0.1) is 0 Å². The summed E-state index contributed by atoms with van der Waals surface area (Å²) in [5, 5.41) is 0. The smallest absolute Gasteiger partial charge is 0.311 e. The zero-order valence-electron chi connectivity index (χ0n) is 38.3. The Balaban J connectivity index is 1.66. The molecular weight excluding hydrogens is 721 g/mol. The third-order valence-electron chi connectivity index (χ3n) is 12.0. The first-order valence-corrected chi connectivity index (χ1v) is 24.1. The lowest BCUT2D eigenvalue weighted by Crippen LogP contribution is -2.14. The second-order valence-corrected chi connectivity index (χ2v) is 17.3. The van der Waals surface area contributed by atoms with Crippen molar-refractivity contribution in [3.8, 4) is 23.0 Å². The van der Waals surface area contributed by atoms with E-state index >= 15 is 0 Å². The quantitative estimate of drug-likeness (QED) is 0.0385. The molecule has 0 fully saturated rings. The Morgan fingerprint density at radius 1 is 0.414 bits per heavy atom. The number of carbonyl (C=O) groups is 2. The molecule has 0 amide bonds. The molecule has 2 rings (SSSR count). The van der Waals surface area contributed by atoms with Crippen LogP contribution in [-0.2, 0) is 22.4 Å². The molecule has 0 aliphatic heterocycles. The van der Waals surface area contributed by atoms with Crippen LogP contribution in [0.25, 0.3) is 0 Å². The van der Waals surface area contributed by atoms with Crippen LogP contribution in [0.3, 0.4) is 0 Å². The fourth-order valence-corrected chi connectivity index (χ4v) is 7.91. The number of ether oxygens (including phenoxy) is 4. The van der Waals surface area contributed by atoms with Gasteiger partial charge in [0.25, 0.3) is 0 Å². The zero-order valence-corrected chi connectivity index (χ0v) is 38.3. The first-order chi connectivity index (χ1) is 28.3. The van der Waals surface area contributed by atoms with E-state index in [1.54, 1.807) is 14.2 Å². The maximum Gasteiger partial charge on any atom is 0.311 e. The monoisotopic (exact) mass is 807 g/mol. The van der Waals surface area contributed by atoms with Crippen molar-refractivity contribution in [1.29, 1.82) is 0 Å². The predicted molar refractivity (Wildman–Crippen MR) is 244 cm³/mol. The number of rotatable bonds is 37. The van der Waals surface area contributed by atoms with Crippen LogP contribution in [0.2, 0.25) is 0 Å². The number of esters is 2. The van der Waals surface area contributed by atoms with Gasteiger partial charge in [-0.25, -0.2) is 0 Å². The Morgan fingerprint density at radius 2 is 0.690 bits per heavy atom. The van der Waals surface area contributed by atoms with Crippen LogP contribution < -0.4 is 18.9 Å². The molecule has 2 atom stereocenters. The largest absolute Gasteiger partial charge is 0.493 e. The van der Waals surface area contributed by atoms with E-state index in [9.17, 15) is 9.59 Å².